The Morgan fingerprint density at radius 3 is 2.10 bits per heavy atom. The van der Waals surface area contributed by atoms with E-state index < -0.39 is 30.0 Å². The molecule has 0 amide bonds. The molecule has 0 saturated heterocycles. The Balaban J connectivity index is 4.67. The minimum absolute atomic E-state index is 0.0203. The molecule has 0 radical (unpaired) electrons. The summed E-state index contributed by atoms with van der Waals surface area (Å²) < 4.78 is 0. The molecule has 10 N–H and O–H groups in total. The van der Waals surface area contributed by atoms with Crippen LogP contribution in [-0.4, -0.2) is 51.3 Å². The second kappa shape index (κ2) is 9.31. The van der Waals surface area contributed by atoms with Gasteiger partial charge in [-0.1, -0.05) is 0 Å². The summed E-state index contributed by atoms with van der Waals surface area (Å²) in [5, 5.41) is 27.7. The van der Waals surface area contributed by atoms with Crippen molar-refractivity contribution in [2.45, 2.75) is 31.3 Å². The number of carboxylic acids is 3. The van der Waals surface area contributed by atoms with E-state index in [-0.39, 0.29) is 25.2 Å². The Kier molecular flexibility index (Phi) is 8.15. The molecule has 10 heteroatoms. The number of nitrogens with one attached hydrogen (secondary N) is 1. The van der Waals surface area contributed by atoms with Gasteiger partial charge in [-0.3, -0.25) is 21.3 Å². The molecule has 0 aliphatic rings. The maximum absolute atomic E-state index is 11.1. The fraction of sp³-hybridized carbons (Fsp3) is 0.455. The molecule has 0 rings (SSSR count). The number of carboxylic acid groups (broad SMARTS) is 3. The van der Waals surface area contributed by atoms with E-state index in [4.69, 9.17) is 26.8 Å². The molecule has 0 unspecified atom stereocenters. The summed E-state index contributed by atoms with van der Waals surface area (Å²) in [4.78, 5) is 35.0. The van der Waals surface area contributed by atoms with Crippen LogP contribution >= 0.6 is 0 Å². The zero-order valence-electron chi connectivity index (χ0n) is 11.2. The summed E-state index contributed by atoms with van der Waals surface area (Å²) in [6.07, 6.45) is 2.28. The number of quaternary nitrogens is 1. The van der Waals surface area contributed by atoms with Crippen molar-refractivity contribution in [1.82, 2.24) is 0 Å². The van der Waals surface area contributed by atoms with E-state index in [2.05, 4.69) is 4.99 Å². The molecule has 0 spiro atoms. The molecular weight excluding hydrogens is 284 g/mol. The average Bonchev–Trinajstić information content (AvgIpc) is 2.35. The lowest BCUT2D eigenvalue weighted by atomic mass is 10.1. The molecule has 2 atom stereocenters. The van der Waals surface area contributed by atoms with E-state index in [0.29, 0.717) is 0 Å². The number of hydrogen-bond acceptors (Lipinski definition) is 3. The maximum Gasteiger partial charge on any atom is 0.362 e. The first kappa shape index (κ1) is 18.4. The van der Waals surface area contributed by atoms with Crippen LogP contribution in [0.5, 0.6) is 0 Å². The first-order chi connectivity index (χ1) is 9.73. The number of nitrogens with two attached hydrogens (primary N) is 3. The lowest BCUT2D eigenvalue weighted by Crippen LogP contribution is -2.98. The fourth-order valence-corrected chi connectivity index (χ4v) is 1.49. The van der Waals surface area contributed by atoms with E-state index in [0.717, 1.165) is 5.32 Å². The summed E-state index contributed by atoms with van der Waals surface area (Å²) in [5.41, 5.74) is 10.3. The van der Waals surface area contributed by atoms with Gasteiger partial charge >= 0.3 is 23.9 Å². The zero-order valence-corrected chi connectivity index (χ0v) is 11.2. The molecule has 0 bridgehead atoms. The van der Waals surface area contributed by atoms with Crippen molar-refractivity contribution in [1.29, 1.82) is 0 Å². The van der Waals surface area contributed by atoms with Gasteiger partial charge in [0.05, 0.1) is 12.6 Å². The van der Waals surface area contributed by atoms with E-state index in [9.17, 15) is 14.4 Å². The van der Waals surface area contributed by atoms with Crippen LogP contribution in [0.2, 0.25) is 0 Å². The van der Waals surface area contributed by atoms with E-state index in [1.165, 1.54) is 12.3 Å². The minimum Gasteiger partial charge on any atom is -0.481 e. The molecule has 0 aliphatic carbocycles. The first-order valence-corrected chi connectivity index (χ1v) is 6.05. The number of carbonyl (C=O) groups is 3. The zero-order chi connectivity index (χ0) is 16.4. The van der Waals surface area contributed by atoms with Gasteiger partial charge in [-0.2, -0.15) is 0 Å². The third-order valence-electron chi connectivity index (χ3n) is 2.53. The normalized spacial score (nSPS) is 13.5. The van der Waals surface area contributed by atoms with Crippen LogP contribution in [0.4, 0.5) is 0 Å². The molecule has 0 heterocycles. The fourth-order valence-electron chi connectivity index (χ4n) is 1.49. The van der Waals surface area contributed by atoms with E-state index in [1.807, 2.05) is 0 Å². The van der Waals surface area contributed by atoms with E-state index in [1.54, 1.807) is 0 Å². The van der Waals surface area contributed by atoms with Crippen molar-refractivity contribution < 1.29 is 40.0 Å². The SMILES string of the molecule is NC(N)=[NH+]/C=C/C[C@H]([NH2+][C@H](CCC(=O)O)C(=O)O)C(=O)O. The first-order valence-electron chi connectivity index (χ1n) is 6.05. The highest BCUT2D eigenvalue weighted by Gasteiger charge is 2.29. The standard InChI is InChI=1S/C11H18N4O6/c12-11(13)14-5-1-2-6(9(18)19)15-7(10(20)21)3-4-8(16)17/h1,5-7,15H,2-4H2,(H,16,17)(H,18,19)(H,20,21)(H4,12,13,14)/p+2/b5-1+/t6-,7+/m0/s1. The van der Waals surface area contributed by atoms with Gasteiger partial charge in [-0.15, -0.1) is 0 Å². The van der Waals surface area contributed by atoms with Gasteiger partial charge in [0.1, 0.15) is 0 Å². The van der Waals surface area contributed by atoms with Crippen molar-refractivity contribution >= 4 is 23.9 Å². The quantitative estimate of drug-likeness (QED) is 0.155. The van der Waals surface area contributed by atoms with Crippen LogP contribution < -0.4 is 21.8 Å². The van der Waals surface area contributed by atoms with Gasteiger partial charge in [0.2, 0.25) is 0 Å². The van der Waals surface area contributed by atoms with Crippen molar-refractivity contribution in [3.63, 3.8) is 0 Å². The third kappa shape index (κ3) is 8.99. The molecule has 118 valence electrons. The molecule has 0 fully saturated rings. The van der Waals surface area contributed by atoms with Crippen molar-refractivity contribution in [2.75, 3.05) is 0 Å². The molecule has 0 aromatic carbocycles. The predicted molar refractivity (Wildman–Crippen MR) is 69.7 cm³/mol. The lowest BCUT2D eigenvalue weighted by Gasteiger charge is -2.15. The monoisotopic (exact) mass is 304 g/mol. The smallest absolute Gasteiger partial charge is 0.362 e. The van der Waals surface area contributed by atoms with Gasteiger partial charge in [-0.25, -0.2) is 9.59 Å². The average molecular weight is 304 g/mol. The van der Waals surface area contributed by atoms with Gasteiger partial charge in [0, 0.05) is 12.8 Å². The summed E-state index contributed by atoms with van der Waals surface area (Å²) >= 11 is 0. The Bertz CT molecular complexity index is 444. The molecule has 21 heavy (non-hydrogen) atoms. The minimum atomic E-state index is -1.26. The van der Waals surface area contributed by atoms with Crippen molar-refractivity contribution in [2.24, 2.45) is 11.5 Å². The Morgan fingerprint density at radius 2 is 1.67 bits per heavy atom. The molecule has 0 saturated carbocycles. The van der Waals surface area contributed by atoms with Crippen LogP contribution in [0.1, 0.15) is 19.3 Å². The maximum atomic E-state index is 11.1. The second-order valence-electron chi connectivity index (χ2n) is 4.25. The highest BCUT2D eigenvalue weighted by Crippen LogP contribution is 1.96. The molecule has 10 nitrogen and oxygen atoms in total. The summed E-state index contributed by atoms with van der Waals surface area (Å²) in [6.45, 7) is 0. The van der Waals surface area contributed by atoms with Gasteiger partial charge < -0.3 is 20.6 Å². The van der Waals surface area contributed by atoms with Crippen LogP contribution in [0.15, 0.2) is 12.3 Å². The second-order valence-corrected chi connectivity index (χ2v) is 4.25. The largest absolute Gasteiger partial charge is 0.481 e. The van der Waals surface area contributed by atoms with Crippen LogP contribution in [0.3, 0.4) is 0 Å². The Morgan fingerprint density at radius 1 is 1.10 bits per heavy atom. The summed E-state index contributed by atoms with van der Waals surface area (Å²) in [5.74, 6) is -3.67. The van der Waals surface area contributed by atoms with Crippen LogP contribution in [0.25, 0.3) is 0 Å². The Labute approximate surface area is 120 Å². The van der Waals surface area contributed by atoms with Gasteiger partial charge in [0.15, 0.2) is 12.1 Å². The highest BCUT2D eigenvalue weighted by atomic mass is 16.4. The number of rotatable bonds is 10. The number of guanidine groups is 1. The predicted octanol–water partition coefficient (Wildman–Crippen LogP) is -4.42. The molecule has 0 aliphatic heterocycles. The van der Waals surface area contributed by atoms with Gasteiger partial charge in [-0.05, 0) is 6.08 Å². The summed E-state index contributed by atoms with van der Waals surface area (Å²) in [7, 11) is 0. The lowest BCUT2D eigenvalue weighted by molar-refractivity contribution is -0.700. The molecule has 0 aromatic rings. The third-order valence-corrected chi connectivity index (χ3v) is 2.53. The van der Waals surface area contributed by atoms with Crippen molar-refractivity contribution in [3.05, 3.63) is 12.3 Å². The van der Waals surface area contributed by atoms with Crippen molar-refractivity contribution in [3.8, 4) is 0 Å². The number of hydrogen-bond donors (Lipinski definition) is 7. The Hall–Kier alpha value is -2.62. The molecule has 0 aromatic heterocycles. The van der Waals surface area contributed by atoms with Crippen LogP contribution in [-0.2, 0) is 14.4 Å². The van der Waals surface area contributed by atoms with Crippen LogP contribution in [0, 0.1) is 0 Å². The highest BCUT2D eigenvalue weighted by molar-refractivity contribution is 5.75. The summed E-state index contributed by atoms with van der Waals surface area (Å²) in [6, 6.07) is -2.20. The van der Waals surface area contributed by atoms with E-state index >= 15 is 0 Å². The molecular formula is C11H20N4O6+2. The van der Waals surface area contributed by atoms with Gasteiger partial charge in [0.25, 0.3) is 0 Å². The number of aliphatic carboxylic acids is 3. The topological polar surface area (TPSA) is 195 Å².